The van der Waals surface area contributed by atoms with Crippen molar-refractivity contribution < 1.29 is 19.1 Å². The Morgan fingerprint density at radius 1 is 1.53 bits per heavy atom. The molecule has 1 fully saturated rings. The van der Waals surface area contributed by atoms with Gasteiger partial charge in [-0.3, -0.25) is 4.79 Å². The molecule has 0 unspecified atom stereocenters. The number of rotatable bonds is 2. The molecule has 0 aromatic rings. The zero-order chi connectivity index (χ0) is 13.1. The van der Waals surface area contributed by atoms with Crippen molar-refractivity contribution in [2.45, 2.75) is 45.8 Å². The number of Topliss-reactive ketones (excluding diaryl/α,β-unsaturated/α-hetero) is 1. The molecule has 0 aromatic heterocycles. The molecular weight excluding hydrogens is 222 g/mol. The van der Waals surface area contributed by atoms with Crippen LogP contribution in [0.4, 0.5) is 4.79 Å². The summed E-state index contributed by atoms with van der Waals surface area (Å²) in [7, 11) is 0. The molecule has 1 heterocycles. The Kier molecular flexibility index (Phi) is 4.51. The Morgan fingerprint density at radius 2 is 2.18 bits per heavy atom. The highest BCUT2D eigenvalue weighted by atomic mass is 16.6. The van der Waals surface area contributed by atoms with E-state index in [4.69, 9.17) is 9.47 Å². The predicted octanol–water partition coefficient (Wildman–Crippen LogP) is 1.51. The van der Waals surface area contributed by atoms with E-state index in [0.29, 0.717) is 19.6 Å². The van der Waals surface area contributed by atoms with E-state index in [1.165, 1.54) is 0 Å². The fourth-order valence-electron chi connectivity index (χ4n) is 1.68. The van der Waals surface area contributed by atoms with Crippen molar-refractivity contribution in [2.75, 3.05) is 13.2 Å². The monoisotopic (exact) mass is 243 g/mol. The normalized spacial score (nSPS) is 23.1. The average molecular weight is 243 g/mol. The molecule has 5 nitrogen and oxygen atoms in total. The summed E-state index contributed by atoms with van der Waals surface area (Å²) in [6, 6.07) is -0.266. The van der Waals surface area contributed by atoms with E-state index in [9.17, 15) is 9.59 Å². The fourth-order valence-corrected chi connectivity index (χ4v) is 1.68. The molecule has 0 spiro atoms. The smallest absolute Gasteiger partial charge is 0.407 e. The van der Waals surface area contributed by atoms with Crippen LogP contribution in [0.1, 0.15) is 34.1 Å². The maximum absolute atomic E-state index is 11.6. The minimum Gasteiger partial charge on any atom is -0.444 e. The second-order valence-electron chi connectivity index (χ2n) is 5.33. The van der Waals surface area contributed by atoms with E-state index in [2.05, 4.69) is 5.32 Å². The molecule has 0 saturated carbocycles. The SMILES string of the molecule is C[C@@H](NC(=O)OC(C)(C)C)[C@H]1COCCC1=O. The topological polar surface area (TPSA) is 64.6 Å². The Balaban J connectivity index is 2.45. The van der Waals surface area contributed by atoms with Gasteiger partial charge in [-0.15, -0.1) is 0 Å². The van der Waals surface area contributed by atoms with Crippen LogP contribution in [0.5, 0.6) is 0 Å². The first-order chi connectivity index (χ1) is 7.79. The molecular formula is C12H21NO4. The van der Waals surface area contributed by atoms with E-state index < -0.39 is 11.7 Å². The van der Waals surface area contributed by atoms with Crippen molar-refractivity contribution in [2.24, 2.45) is 5.92 Å². The molecule has 1 N–H and O–H groups in total. The van der Waals surface area contributed by atoms with Gasteiger partial charge in [0.05, 0.1) is 19.1 Å². The molecule has 0 aliphatic carbocycles. The van der Waals surface area contributed by atoms with Gasteiger partial charge in [-0.25, -0.2) is 4.79 Å². The van der Waals surface area contributed by atoms with Gasteiger partial charge in [0.25, 0.3) is 0 Å². The van der Waals surface area contributed by atoms with Gasteiger partial charge in [-0.05, 0) is 27.7 Å². The quantitative estimate of drug-likeness (QED) is 0.798. The van der Waals surface area contributed by atoms with E-state index >= 15 is 0 Å². The van der Waals surface area contributed by atoms with Crippen molar-refractivity contribution >= 4 is 11.9 Å². The number of carbonyl (C=O) groups is 2. The number of hydrogen-bond donors (Lipinski definition) is 1. The predicted molar refractivity (Wildman–Crippen MR) is 62.8 cm³/mol. The number of ether oxygens (including phenoxy) is 2. The lowest BCUT2D eigenvalue weighted by Crippen LogP contribution is -2.46. The number of carbonyl (C=O) groups excluding carboxylic acids is 2. The average Bonchev–Trinajstić information content (AvgIpc) is 2.14. The zero-order valence-electron chi connectivity index (χ0n) is 10.9. The molecule has 5 heteroatoms. The van der Waals surface area contributed by atoms with Gasteiger partial charge >= 0.3 is 6.09 Å². The van der Waals surface area contributed by atoms with E-state index in [0.717, 1.165) is 0 Å². The number of alkyl carbamates (subject to hydrolysis) is 1. The molecule has 1 aliphatic rings. The van der Waals surface area contributed by atoms with Gasteiger partial charge in [-0.1, -0.05) is 0 Å². The summed E-state index contributed by atoms with van der Waals surface area (Å²) in [5, 5.41) is 2.67. The molecule has 1 amide bonds. The highest BCUT2D eigenvalue weighted by molar-refractivity contribution is 5.83. The molecule has 1 rings (SSSR count). The molecule has 0 bridgehead atoms. The van der Waals surface area contributed by atoms with E-state index in [1.54, 1.807) is 27.7 Å². The number of nitrogens with one attached hydrogen (secondary N) is 1. The second kappa shape index (κ2) is 5.49. The van der Waals surface area contributed by atoms with Crippen LogP contribution in [0.2, 0.25) is 0 Å². The summed E-state index contributed by atoms with van der Waals surface area (Å²) in [5.41, 5.74) is -0.531. The minimum atomic E-state index is -0.531. The van der Waals surface area contributed by atoms with Crippen molar-refractivity contribution in [3.8, 4) is 0 Å². The van der Waals surface area contributed by atoms with Crippen LogP contribution in [0.25, 0.3) is 0 Å². The Hall–Kier alpha value is -1.10. The van der Waals surface area contributed by atoms with Crippen LogP contribution in [-0.4, -0.2) is 36.7 Å². The first kappa shape index (κ1) is 14.0. The van der Waals surface area contributed by atoms with Gasteiger partial charge < -0.3 is 14.8 Å². The van der Waals surface area contributed by atoms with Gasteiger partial charge in [0, 0.05) is 12.5 Å². The number of hydrogen-bond acceptors (Lipinski definition) is 4. The van der Waals surface area contributed by atoms with Crippen LogP contribution in [0.3, 0.4) is 0 Å². The summed E-state index contributed by atoms with van der Waals surface area (Å²) < 4.78 is 10.4. The van der Waals surface area contributed by atoms with Gasteiger partial charge in [0.1, 0.15) is 11.4 Å². The second-order valence-corrected chi connectivity index (χ2v) is 5.33. The highest BCUT2D eigenvalue weighted by Gasteiger charge is 2.30. The third-order valence-electron chi connectivity index (χ3n) is 2.55. The Labute approximate surface area is 102 Å². The van der Waals surface area contributed by atoms with Gasteiger partial charge in [0.15, 0.2) is 0 Å². The standard InChI is InChI=1S/C12H21NO4/c1-8(9-7-16-6-5-10(9)14)13-11(15)17-12(2,3)4/h8-9H,5-7H2,1-4H3,(H,13,15)/t8-,9-/m1/s1. The van der Waals surface area contributed by atoms with Gasteiger partial charge in [-0.2, -0.15) is 0 Å². The largest absolute Gasteiger partial charge is 0.444 e. The van der Waals surface area contributed by atoms with Crippen LogP contribution in [0.15, 0.2) is 0 Å². The van der Waals surface area contributed by atoms with Crippen molar-refractivity contribution in [3.05, 3.63) is 0 Å². The third-order valence-corrected chi connectivity index (χ3v) is 2.55. The molecule has 1 saturated heterocycles. The molecule has 2 atom stereocenters. The van der Waals surface area contributed by atoms with Crippen LogP contribution < -0.4 is 5.32 Å². The number of ketones is 1. The summed E-state index contributed by atoms with van der Waals surface area (Å²) in [6.45, 7) is 8.04. The first-order valence-corrected chi connectivity index (χ1v) is 5.89. The lowest BCUT2D eigenvalue weighted by atomic mass is 9.94. The third kappa shape index (κ3) is 4.73. The van der Waals surface area contributed by atoms with Crippen molar-refractivity contribution in [1.29, 1.82) is 0 Å². The number of amides is 1. The first-order valence-electron chi connectivity index (χ1n) is 5.89. The zero-order valence-corrected chi connectivity index (χ0v) is 10.9. The lowest BCUT2D eigenvalue weighted by molar-refractivity contribution is -0.131. The van der Waals surface area contributed by atoms with Gasteiger partial charge in [0.2, 0.25) is 0 Å². The molecule has 0 radical (unpaired) electrons. The van der Waals surface area contributed by atoms with Crippen molar-refractivity contribution in [1.82, 2.24) is 5.32 Å². The lowest BCUT2D eigenvalue weighted by Gasteiger charge is -2.28. The Morgan fingerprint density at radius 3 is 2.71 bits per heavy atom. The van der Waals surface area contributed by atoms with Crippen LogP contribution in [0, 0.1) is 5.92 Å². The molecule has 0 aromatic carbocycles. The minimum absolute atomic E-state index is 0.139. The van der Waals surface area contributed by atoms with Crippen LogP contribution >= 0.6 is 0 Å². The molecule has 17 heavy (non-hydrogen) atoms. The Bertz CT molecular complexity index is 295. The highest BCUT2D eigenvalue weighted by Crippen LogP contribution is 2.15. The molecule has 1 aliphatic heterocycles. The summed E-state index contributed by atoms with van der Waals surface area (Å²) in [4.78, 5) is 23.2. The maximum Gasteiger partial charge on any atom is 0.407 e. The molecule has 98 valence electrons. The van der Waals surface area contributed by atoms with Crippen LogP contribution in [-0.2, 0) is 14.3 Å². The summed E-state index contributed by atoms with van der Waals surface area (Å²) >= 11 is 0. The van der Waals surface area contributed by atoms with E-state index in [-0.39, 0.29) is 17.7 Å². The summed E-state index contributed by atoms with van der Waals surface area (Å²) in [6.07, 6.45) is -0.0752. The van der Waals surface area contributed by atoms with E-state index in [1.807, 2.05) is 0 Å². The fraction of sp³-hybridized carbons (Fsp3) is 0.833. The van der Waals surface area contributed by atoms with Crippen molar-refractivity contribution in [3.63, 3.8) is 0 Å². The summed E-state index contributed by atoms with van der Waals surface area (Å²) in [5.74, 6) is -0.129. The maximum atomic E-state index is 11.6.